The third kappa shape index (κ3) is 5.22. The van der Waals surface area contributed by atoms with Gasteiger partial charge in [-0.3, -0.25) is 9.55 Å². The van der Waals surface area contributed by atoms with Crippen LogP contribution in [0.15, 0.2) is 170 Å². The SMILES string of the molecule is CC1(C)c2ccccc2-c2c(-c3nc(-c4ccccc4)nc(-c4ccc(-c5ccc(-n6c(-c7ccccn7)nc7ccccc76)cc5)cc4)n3)cccc21. The van der Waals surface area contributed by atoms with Crippen LogP contribution in [0.1, 0.15) is 25.0 Å². The molecule has 0 bridgehead atoms. The van der Waals surface area contributed by atoms with E-state index in [2.05, 4.69) is 133 Å². The molecule has 6 aromatic carbocycles. The van der Waals surface area contributed by atoms with Gasteiger partial charge in [-0.2, -0.15) is 0 Å². The molecule has 256 valence electrons. The maximum Gasteiger partial charge on any atom is 0.164 e. The standard InChI is InChI=1S/C48H34N6/c1-48(2)38-17-7-6-15-36(38)43-37(16-12-18-39(43)48)46-52-44(33-13-4-3-5-14-33)51-45(53-46)34-24-22-31(23-25-34)32-26-28-35(29-27-32)54-42-21-9-8-19-40(42)50-47(54)41-20-10-11-30-49-41/h3-30H,1-2H3. The van der Waals surface area contributed by atoms with Crippen LogP contribution < -0.4 is 0 Å². The van der Waals surface area contributed by atoms with Crippen molar-refractivity contribution in [2.75, 3.05) is 0 Å². The van der Waals surface area contributed by atoms with Crippen molar-refractivity contribution in [1.82, 2.24) is 29.5 Å². The van der Waals surface area contributed by atoms with E-state index in [1.54, 1.807) is 6.20 Å². The molecule has 0 radical (unpaired) electrons. The van der Waals surface area contributed by atoms with Crippen LogP contribution in [0.5, 0.6) is 0 Å². The van der Waals surface area contributed by atoms with Gasteiger partial charge in [-0.05, 0) is 69.8 Å². The molecular weight excluding hydrogens is 661 g/mol. The summed E-state index contributed by atoms with van der Waals surface area (Å²) in [7, 11) is 0. The van der Waals surface area contributed by atoms with Gasteiger partial charge in [0.1, 0.15) is 5.69 Å². The van der Waals surface area contributed by atoms with Gasteiger partial charge in [0, 0.05) is 34.0 Å². The van der Waals surface area contributed by atoms with Crippen molar-refractivity contribution in [2.45, 2.75) is 19.3 Å². The van der Waals surface area contributed by atoms with E-state index in [0.29, 0.717) is 17.5 Å². The van der Waals surface area contributed by atoms with Gasteiger partial charge in [-0.25, -0.2) is 19.9 Å². The van der Waals surface area contributed by atoms with E-state index in [-0.39, 0.29) is 5.41 Å². The van der Waals surface area contributed by atoms with Crippen LogP contribution in [0, 0.1) is 0 Å². The Hall–Kier alpha value is -7.05. The number of aromatic nitrogens is 6. The minimum atomic E-state index is -0.123. The average Bonchev–Trinajstić information content (AvgIpc) is 3.74. The topological polar surface area (TPSA) is 69.4 Å². The highest BCUT2D eigenvalue weighted by Gasteiger charge is 2.37. The van der Waals surface area contributed by atoms with Crippen LogP contribution in [-0.2, 0) is 5.41 Å². The molecule has 9 aromatic rings. The number of rotatable bonds is 6. The lowest BCUT2D eigenvalue weighted by molar-refractivity contribution is 0.660. The fourth-order valence-electron chi connectivity index (χ4n) is 7.85. The van der Waals surface area contributed by atoms with Crippen molar-refractivity contribution in [3.05, 3.63) is 181 Å². The fourth-order valence-corrected chi connectivity index (χ4v) is 7.85. The third-order valence-corrected chi connectivity index (χ3v) is 10.6. The smallest absolute Gasteiger partial charge is 0.164 e. The molecule has 0 unspecified atom stereocenters. The second-order valence-corrected chi connectivity index (χ2v) is 14.2. The Kier molecular flexibility index (Phi) is 7.37. The molecule has 6 heteroatoms. The minimum Gasteiger partial charge on any atom is -0.291 e. The van der Waals surface area contributed by atoms with Crippen LogP contribution in [0.3, 0.4) is 0 Å². The Balaban J connectivity index is 1.03. The molecule has 0 aliphatic heterocycles. The molecule has 0 amide bonds. The van der Waals surface area contributed by atoms with Crippen molar-refractivity contribution in [2.24, 2.45) is 0 Å². The number of nitrogens with zero attached hydrogens (tertiary/aromatic N) is 6. The molecule has 0 spiro atoms. The predicted molar refractivity (Wildman–Crippen MR) is 217 cm³/mol. The fraction of sp³-hybridized carbons (Fsp3) is 0.0625. The van der Waals surface area contributed by atoms with Gasteiger partial charge in [-0.15, -0.1) is 0 Å². The zero-order valence-corrected chi connectivity index (χ0v) is 29.8. The van der Waals surface area contributed by atoms with Crippen LogP contribution in [-0.4, -0.2) is 29.5 Å². The molecule has 3 heterocycles. The van der Waals surface area contributed by atoms with Gasteiger partial charge >= 0.3 is 0 Å². The molecule has 3 aromatic heterocycles. The Morgan fingerprint density at radius 2 is 1.04 bits per heavy atom. The lowest BCUT2D eigenvalue weighted by Gasteiger charge is -2.21. The lowest BCUT2D eigenvalue weighted by atomic mass is 9.82. The van der Waals surface area contributed by atoms with E-state index in [0.717, 1.165) is 56.1 Å². The largest absolute Gasteiger partial charge is 0.291 e. The Bertz CT molecular complexity index is 2820. The van der Waals surface area contributed by atoms with Crippen LogP contribution in [0.4, 0.5) is 0 Å². The molecule has 1 aliphatic rings. The normalized spacial score (nSPS) is 12.8. The molecule has 10 rings (SSSR count). The number of para-hydroxylation sites is 2. The zero-order valence-electron chi connectivity index (χ0n) is 29.8. The van der Waals surface area contributed by atoms with E-state index in [1.165, 1.54) is 22.3 Å². The number of pyridine rings is 1. The molecule has 0 saturated heterocycles. The summed E-state index contributed by atoms with van der Waals surface area (Å²) in [6.07, 6.45) is 1.80. The van der Waals surface area contributed by atoms with Crippen molar-refractivity contribution in [3.63, 3.8) is 0 Å². The van der Waals surface area contributed by atoms with Crippen molar-refractivity contribution in [1.29, 1.82) is 0 Å². The third-order valence-electron chi connectivity index (χ3n) is 10.6. The van der Waals surface area contributed by atoms with Gasteiger partial charge < -0.3 is 0 Å². The Morgan fingerprint density at radius 3 is 1.80 bits per heavy atom. The number of fused-ring (bicyclic) bond motifs is 4. The number of benzene rings is 6. The number of imidazole rings is 1. The van der Waals surface area contributed by atoms with Gasteiger partial charge in [0.25, 0.3) is 0 Å². The van der Waals surface area contributed by atoms with Crippen LogP contribution in [0.2, 0.25) is 0 Å². The Morgan fingerprint density at radius 1 is 0.444 bits per heavy atom. The summed E-state index contributed by atoms with van der Waals surface area (Å²) >= 11 is 0. The molecule has 0 N–H and O–H groups in total. The van der Waals surface area contributed by atoms with Crippen molar-refractivity contribution < 1.29 is 0 Å². The van der Waals surface area contributed by atoms with Gasteiger partial charge in [-0.1, -0.05) is 141 Å². The minimum absolute atomic E-state index is 0.123. The molecule has 6 nitrogen and oxygen atoms in total. The summed E-state index contributed by atoms with van der Waals surface area (Å²) in [5.74, 6) is 2.77. The molecule has 0 fully saturated rings. The van der Waals surface area contributed by atoms with E-state index >= 15 is 0 Å². The summed E-state index contributed by atoms with van der Waals surface area (Å²) in [5, 5.41) is 0. The second-order valence-electron chi connectivity index (χ2n) is 14.2. The van der Waals surface area contributed by atoms with Gasteiger partial charge in [0.05, 0.1) is 11.0 Å². The summed E-state index contributed by atoms with van der Waals surface area (Å²) in [6.45, 7) is 4.59. The highest BCUT2D eigenvalue weighted by molar-refractivity contribution is 5.91. The van der Waals surface area contributed by atoms with E-state index < -0.39 is 0 Å². The lowest BCUT2D eigenvalue weighted by Crippen LogP contribution is -2.14. The molecule has 1 aliphatic carbocycles. The maximum absolute atomic E-state index is 5.16. The van der Waals surface area contributed by atoms with Crippen molar-refractivity contribution >= 4 is 11.0 Å². The first-order chi connectivity index (χ1) is 26.5. The zero-order chi connectivity index (χ0) is 36.2. The van der Waals surface area contributed by atoms with Crippen LogP contribution >= 0.6 is 0 Å². The molecule has 0 saturated carbocycles. The quantitative estimate of drug-likeness (QED) is 0.173. The first-order valence-corrected chi connectivity index (χ1v) is 18.2. The monoisotopic (exact) mass is 694 g/mol. The number of hydrogen-bond acceptors (Lipinski definition) is 5. The molecular formula is C48H34N6. The summed E-state index contributed by atoms with van der Waals surface area (Å²) in [5.41, 5.74) is 13.8. The Labute approximate surface area is 313 Å². The second kappa shape index (κ2) is 12.6. The number of hydrogen-bond donors (Lipinski definition) is 0. The first kappa shape index (κ1) is 31.7. The van der Waals surface area contributed by atoms with Crippen molar-refractivity contribution in [3.8, 4) is 73.6 Å². The van der Waals surface area contributed by atoms with Gasteiger partial charge in [0.15, 0.2) is 23.3 Å². The molecule has 54 heavy (non-hydrogen) atoms. The van der Waals surface area contributed by atoms with E-state index in [4.69, 9.17) is 19.9 Å². The predicted octanol–water partition coefficient (Wildman–Crippen LogP) is 11.2. The molecule has 0 atom stereocenters. The van der Waals surface area contributed by atoms with E-state index in [1.807, 2.05) is 54.6 Å². The average molecular weight is 695 g/mol. The highest BCUT2D eigenvalue weighted by atomic mass is 15.1. The summed E-state index contributed by atoms with van der Waals surface area (Å²) < 4.78 is 2.18. The summed E-state index contributed by atoms with van der Waals surface area (Å²) in [4.78, 5) is 24.8. The highest BCUT2D eigenvalue weighted by Crippen LogP contribution is 2.51. The maximum atomic E-state index is 5.16. The summed E-state index contributed by atoms with van der Waals surface area (Å²) in [6, 6.07) is 56.6. The van der Waals surface area contributed by atoms with E-state index in [9.17, 15) is 0 Å². The van der Waals surface area contributed by atoms with Crippen LogP contribution in [0.25, 0.3) is 84.7 Å². The van der Waals surface area contributed by atoms with Gasteiger partial charge in [0.2, 0.25) is 0 Å². The first-order valence-electron chi connectivity index (χ1n) is 18.2.